The zero-order valence-electron chi connectivity index (χ0n) is 12.1. The molecule has 118 valence electrons. The maximum absolute atomic E-state index is 11.9. The molecule has 0 fully saturated rings. The molecule has 0 bridgehead atoms. The van der Waals surface area contributed by atoms with Crippen molar-refractivity contribution >= 4 is 15.9 Å². The fourth-order valence-electron chi connectivity index (χ4n) is 1.73. The van der Waals surface area contributed by atoms with Crippen LogP contribution >= 0.6 is 0 Å². The third-order valence-corrected chi connectivity index (χ3v) is 3.97. The molecule has 0 aliphatic rings. The van der Waals surface area contributed by atoms with Crippen molar-refractivity contribution in [2.24, 2.45) is 10.9 Å². The Labute approximate surface area is 124 Å². The zero-order chi connectivity index (χ0) is 16.0. The maximum Gasteiger partial charge on any atom is 0.238 e. The fraction of sp³-hybridized carbons (Fsp3) is 0.462. The van der Waals surface area contributed by atoms with Gasteiger partial charge < -0.3 is 15.8 Å². The third kappa shape index (κ3) is 5.43. The predicted molar refractivity (Wildman–Crippen MR) is 78.8 cm³/mol. The average Bonchev–Trinajstić information content (AvgIpc) is 2.43. The lowest BCUT2D eigenvalue weighted by molar-refractivity contribution is -0.123. The van der Waals surface area contributed by atoms with Crippen molar-refractivity contribution in [3.63, 3.8) is 0 Å². The molecule has 0 aliphatic heterocycles. The Kier molecular flexibility index (Phi) is 6.28. The molecule has 0 saturated heterocycles. The van der Waals surface area contributed by atoms with Crippen molar-refractivity contribution in [2.75, 3.05) is 13.7 Å². The highest BCUT2D eigenvalue weighted by atomic mass is 32.2. The van der Waals surface area contributed by atoms with Gasteiger partial charge in [0.05, 0.1) is 17.0 Å². The van der Waals surface area contributed by atoms with Gasteiger partial charge in [-0.3, -0.25) is 4.79 Å². The molecule has 1 amide bonds. The SMILES string of the molecule is COCCC(N)C(=O)NC(C)c1ccc(S(N)(=O)=O)cc1. The molecule has 0 spiro atoms. The summed E-state index contributed by atoms with van der Waals surface area (Å²) in [5.74, 6) is -0.282. The van der Waals surface area contributed by atoms with Gasteiger partial charge in [0.25, 0.3) is 0 Å². The van der Waals surface area contributed by atoms with E-state index in [2.05, 4.69) is 5.32 Å². The van der Waals surface area contributed by atoms with Gasteiger partial charge in [-0.2, -0.15) is 0 Å². The second-order valence-electron chi connectivity index (χ2n) is 4.73. The Morgan fingerprint density at radius 2 is 1.90 bits per heavy atom. The number of nitrogens with one attached hydrogen (secondary N) is 1. The second kappa shape index (κ2) is 7.51. The van der Waals surface area contributed by atoms with Crippen LogP contribution in [0, 0.1) is 0 Å². The summed E-state index contributed by atoms with van der Waals surface area (Å²) in [6.45, 7) is 2.19. The molecule has 0 aliphatic carbocycles. The van der Waals surface area contributed by atoms with Gasteiger partial charge in [0, 0.05) is 13.7 Å². The van der Waals surface area contributed by atoms with Crippen molar-refractivity contribution in [3.05, 3.63) is 29.8 Å². The Morgan fingerprint density at radius 1 is 1.33 bits per heavy atom. The highest BCUT2D eigenvalue weighted by molar-refractivity contribution is 7.89. The Balaban J connectivity index is 2.67. The van der Waals surface area contributed by atoms with E-state index in [1.54, 1.807) is 26.2 Å². The summed E-state index contributed by atoms with van der Waals surface area (Å²) in [5, 5.41) is 7.79. The molecule has 7 nitrogen and oxygen atoms in total. The van der Waals surface area contributed by atoms with E-state index in [4.69, 9.17) is 15.6 Å². The molecule has 1 aromatic rings. The van der Waals surface area contributed by atoms with Crippen LogP contribution in [-0.2, 0) is 19.6 Å². The van der Waals surface area contributed by atoms with Gasteiger partial charge in [-0.1, -0.05) is 12.1 Å². The van der Waals surface area contributed by atoms with Crippen LogP contribution in [0.15, 0.2) is 29.2 Å². The molecular formula is C13H21N3O4S. The van der Waals surface area contributed by atoms with Crippen LogP contribution in [0.1, 0.15) is 24.9 Å². The number of sulfonamides is 1. The van der Waals surface area contributed by atoms with Gasteiger partial charge in [-0.05, 0) is 31.0 Å². The number of hydrogen-bond acceptors (Lipinski definition) is 5. The fourth-order valence-corrected chi connectivity index (χ4v) is 2.24. The number of methoxy groups -OCH3 is 1. The minimum absolute atomic E-state index is 0.0292. The van der Waals surface area contributed by atoms with E-state index in [9.17, 15) is 13.2 Å². The molecule has 0 heterocycles. The van der Waals surface area contributed by atoms with Crippen molar-refractivity contribution in [2.45, 2.75) is 30.3 Å². The highest BCUT2D eigenvalue weighted by Gasteiger charge is 2.17. The van der Waals surface area contributed by atoms with E-state index in [1.807, 2.05) is 0 Å². The van der Waals surface area contributed by atoms with Gasteiger partial charge in [0.1, 0.15) is 0 Å². The molecule has 5 N–H and O–H groups in total. The van der Waals surface area contributed by atoms with E-state index < -0.39 is 16.1 Å². The minimum Gasteiger partial charge on any atom is -0.385 e. The minimum atomic E-state index is -3.71. The summed E-state index contributed by atoms with van der Waals surface area (Å²) in [6, 6.07) is 5.07. The first-order valence-corrected chi connectivity index (χ1v) is 7.98. The lowest BCUT2D eigenvalue weighted by atomic mass is 10.1. The number of ether oxygens (including phenoxy) is 1. The normalized spacial score (nSPS) is 14.5. The van der Waals surface area contributed by atoms with Crippen LogP contribution in [-0.4, -0.2) is 34.1 Å². The molecule has 2 atom stereocenters. The average molecular weight is 315 g/mol. The molecule has 1 aromatic carbocycles. The Bertz CT molecular complexity index is 572. The maximum atomic E-state index is 11.9. The number of amides is 1. The van der Waals surface area contributed by atoms with Gasteiger partial charge in [0.2, 0.25) is 15.9 Å². The van der Waals surface area contributed by atoms with Crippen LogP contribution in [0.5, 0.6) is 0 Å². The highest BCUT2D eigenvalue weighted by Crippen LogP contribution is 2.15. The number of hydrogen-bond donors (Lipinski definition) is 3. The number of carbonyl (C=O) groups excluding carboxylic acids is 1. The molecule has 21 heavy (non-hydrogen) atoms. The summed E-state index contributed by atoms with van der Waals surface area (Å²) in [7, 11) is -2.17. The number of rotatable bonds is 7. The van der Waals surface area contributed by atoms with E-state index in [0.29, 0.717) is 13.0 Å². The van der Waals surface area contributed by atoms with Crippen LogP contribution in [0.4, 0.5) is 0 Å². The van der Waals surface area contributed by atoms with E-state index in [-0.39, 0.29) is 16.8 Å². The van der Waals surface area contributed by atoms with Gasteiger partial charge in [-0.15, -0.1) is 0 Å². The van der Waals surface area contributed by atoms with Crippen molar-refractivity contribution in [1.29, 1.82) is 0 Å². The molecule has 0 radical (unpaired) electrons. The first-order valence-electron chi connectivity index (χ1n) is 6.43. The van der Waals surface area contributed by atoms with E-state index >= 15 is 0 Å². The van der Waals surface area contributed by atoms with E-state index in [1.165, 1.54) is 12.1 Å². The second-order valence-corrected chi connectivity index (χ2v) is 6.29. The largest absolute Gasteiger partial charge is 0.385 e. The zero-order valence-corrected chi connectivity index (χ0v) is 12.9. The Hall–Kier alpha value is -1.48. The third-order valence-electron chi connectivity index (χ3n) is 3.04. The Morgan fingerprint density at radius 3 is 2.38 bits per heavy atom. The summed E-state index contributed by atoms with van der Waals surface area (Å²) in [4.78, 5) is 11.9. The van der Waals surface area contributed by atoms with Gasteiger partial charge in [0.15, 0.2) is 0 Å². The molecule has 0 saturated carbocycles. The van der Waals surface area contributed by atoms with Crippen LogP contribution in [0.3, 0.4) is 0 Å². The molecule has 1 rings (SSSR count). The summed E-state index contributed by atoms with van der Waals surface area (Å²) < 4.78 is 27.2. The van der Waals surface area contributed by atoms with Crippen molar-refractivity contribution < 1.29 is 17.9 Å². The molecule has 2 unspecified atom stereocenters. The molecular weight excluding hydrogens is 294 g/mol. The topological polar surface area (TPSA) is 125 Å². The first-order chi connectivity index (χ1) is 9.75. The van der Waals surface area contributed by atoms with Crippen LogP contribution < -0.4 is 16.2 Å². The summed E-state index contributed by atoms with van der Waals surface area (Å²) in [6.07, 6.45) is 0.430. The lowest BCUT2D eigenvalue weighted by Gasteiger charge is -2.18. The first kappa shape index (κ1) is 17.6. The molecule has 8 heteroatoms. The van der Waals surface area contributed by atoms with Gasteiger partial charge in [-0.25, -0.2) is 13.6 Å². The lowest BCUT2D eigenvalue weighted by Crippen LogP contribution is -2.42. The van der Waals surface area contributed by atoms with Crippen molar-refractivity contribution in [3.8, 4) is 0 Å². The van der Waals surface area contributed by atoms with Gasteiger partial charge >= 0.3 is 0 Å². The number of carbonyl (C=O) groups is 1. The predicted octanol–water partition coefficient (Wildman–Crippen LogP) is -0.125. The van der Waals surface area contributed by atoms with Crippen LogP contribution in [0.2, 0.25) is 0 Å². The van der Waals surface area contributed by atoms with E-state index in [0.717, 1.165) is 5.56 Å². The van der Waals surface area contributed by atoms with Crippen molar-refractivity contribution in [1.82, 2.24) is 5.32 Å². The number of benzene rings is 1. The summed E-state index contributed by atoms with van der Waals surface area (Å²) in [5.41, 5.74) is 6.48. The number of primary sulfonamides is 1. The standard InChI is InChI=1S/C13H21N3O4S/c1-9(16-13(17)12(14)7-8-20-2)10-3-5-11(6-4-10)21(15,18)19/h3-6,9,12H,7-8,14H2,1-2H3,(H,16,17)(H2,15,18,19). The van der Waals surface area contributed by atoms with Crippen LogP contribution in [0.25, 0.3) is 0 Å². The summed E-state index contributed by atoms with van der Waals surface area (Å²) >= 11 is 0. The quantitative estimate of drug-likeness (QED) is 0.646. The molecule has 0 aromatic heterocycles. The monoisotopic (exact) mass is 315 g/mol. The number of nitrogens with two attached hydrogens (primary N) is 2. The smallest absolute Gasteiger partial charge is 0.238 e.